The molecule has 0 aliphatic carbocycles. The van der Waals surface area contributed by atoms with Crippen molar-refractivity contribution >= 4 is 10.8 Å². The first kappa shape index (κ1) is 13.4. The average Bonchev–Trinajstić information content (AvgIpc) is 2.42. The van der Waals surface area contributed by atoms with Crippen molar-refractivity contribution in [3.8, 4) is 18.2 Å². The molecule has 0 fully saturated rings. The maximum absolute atomic E-state index is 13.2. The number of fused-ring (bicyclic) bond motifs is 1. The van der Waals surface area contributed by atoms with Gasteiger partial charge < -0.3 is 0 Å². The molecule has 0 saturated carbocycles. The second kappa shape index (κ2) is 4.57. The second-order valence-electron chi connectivity index (χ2n) is 3.88. The van der Waals surface area contributed by atoms with Gasteiger partial charge in [0.15, 0.2) is 0 Å². The quantitative estimate of drug-likeness (QED) is 0.736. The summed E-state index contributed by atoms with van der Waals surface area (Å²) in [6.07, 6.45) is -4.79. The molecular formula is C14H4F3N3. The van der Waals surface area contributed by atoms with E-state index in [0.717, 1.165) is 0 Å². The first-order valence-corrected chi connectivity index (χ1v) is 5.32. The Morgan fingerprint density at radius 2 is 1.25 bits per heavy atom. The third-order valence-electron chi connectivity index (χ3n) is 2.83. The fraction of sp³-hybridized carbons (Fsp3) is 0.0714. The average molecular weight is 271 g/mol. The largest absolute Gasteiger partial charge is 0.418 e. The van der Waals surface area contributed by atoms with E-state index in [2.05, 4.69) is 0 Å². The molecule has 2 rings (SSSR count). The van der Waals surface area contributed by atoms with Gasteiger partial charge in [0.2, 0.25) is 0 Å². The van der Waals surface area contributed by atoms with E-state index in [1.54, 1.807) is 6.07 Å². The summed E-state index contributed by atoms with van der Waals surface area (Å²) in [5.41, 5.74) is -2.74. The van der Waals surface area contributed by atoms with Crippen LogP contribution >= 0.6 is 0 Å². The summed E-state index contributed by atoms with van der Waals surface area (Å²) in [5.74, 6) is 0. The maximum atomic E-state index is 13.2. The molecule has 0 unspecified atom stereocenters. The third kappa shape index (κ3) is 1.83. The zero-order valence-corrected chi connectivity index (χ0v) is 9.78. The smallest absolute Gasteiger partial charge is 0.192 e. The van der Waals surface area contributed by atoms with E-state index in [-0.39, 0.29) is 16.3 Å². The summed E-state index contributed by atoms with van der Waals surface area (Å²) in [7, 11) is 0. The molecule has 3 nitrogen and oxygen atoms in total. The Morgan fingerprint density at radius 1 is 0.750 bits per heavy atom. The predicted molar refractivity (Wildman–Crippen MR) is 63.1 cm³/mol. The standard InChI is InChI=1S/C14H4F3N3/c15-14(16,17)13-9-4-2-1-3-8(9)10(5-18)11(6-19)12(13)7-20/h1-4H. The van der Waals surface area contributed by atoms with Crippen LogP contribution in [0.1, 0.15) is 22.3 Å². The SMILES string of the molecule is N#Cc1c(C#N)c(C(F)(F)F)c2ccccc2c1C#N. The van der Waals surface area contributed by atoms with E-state index in [1.807, 2.05) is 0 Å². The van der Waals surface area contributed by atoms with Crippen molar-refractivity contribution < 1.29 is 13.2 Å². The van der Waals surface area contributed by atoms with Crippen molar-refractivity contribution in [2.75, 3.05) is 0 Å². The van der Waals surface area contributed by atoms with Gasteiger partial charge >= 0.3 is 6.18 Å². The zero-order valence-electron chi connectivity index (χ0n) is 9.78. The van der Waals surface area contributed by atoms with Crippen LogP contribution in [-0.2, 0) is 6.18 Å². The molecule has 0 N–H and O–H groups in total. The predicted octanol–water partition coefficient (Wildman–Crippen LogP) is 3.47. The Balaban J connectivity index is 3.19. The monoisotopic (exact) mass is 271 g/mol. The molecule has 0 radical (unpaired) electrons. The molecule has 20 heavy (non-hydrogen) atoms. The van der Waals surface area contributed by atoms with Gasteiger partial charge in [-0.2, -0.15) is 29.0 Å². The zero-order chi connectivity index (χ0) is 14.9. The van der Waals surface area contributed by atoms with Crippen LogP contribution in [0, 0.1) is 34.0 Å². The van der Waals surface area contributed by atoms with Crippen molar-refractivity contribution in [1.82, 2.24) is 0 Å². The summed E-state index contributed by atoms with van der Waals surface area (Å²) >= 11 is 0. The van der Waals surface area contributed by atoms with Crippen LogP contribution in [-0.4, -0.2) is 0 Å². The minimum Gasteiger partial charge on any atom is -0.192 e. The molecular weight excluding hydrogens is 267 g/mol. The normalized spacial score (nSPS) is 10.6. The van der Waals surface area contributed by atoms with Crippen molar-refractivity contribution in [3.05, 3.63) is 46.5 Å². The van der Waals surface area contributed by atoms with Crippen molar-refractivity contribution in [2.45, 2.75) is 6.18 Å². The number of rotatable bonds is 0. The fourth-order valence-electron chi connectivity index (χ4n) is 2.07. The van der Waals surface area contributed by atoms with Crippen LogP contribution in [0.2, 0.25) is 0 Å². The van der Waals surface area contributed by atoms with Crippen molar-refractivity contribution in [1.29, 1.82) is 15.8 Å². The van der Waals surface area contributed by atoms with Gasteiger partial charge in [0, 0.05) is 5.39 Å². The molecule has 0 saturated heterocycles. The van der Waals surface area contributed by atoms with E-state index in [0.29, 0.717) is 0 Å². The molecule has 6 heteroatoms. The van der Waals surface area contributed by atoms with E-state index in [1.165, 1.54) is 36.4 Å². The van der Waals surface area contributed by atoms with Gasteiger partial charge in [0.1, 0.15) is 18.2 Å². The first-order chi connectivity index (χ1) is 9.45. The third-order valence-corrected chi connectivity index (χ3v) is 2.83. The lowest BCUT2D eigenvalue weighted by atomic mass is 9.90. The number of hydrogen-bond acceptors (Lipinski definition) is 3. The lowest BCUT2D eigenvalue weighted by Gasteiger charge is -2.14. The molecule has 2 aromatic carbocycles. The number of nitriles is 3. The Hall–Kier alpha value is -3.04. The van der Waals surface area contributed by atoms with Gasteiger partial charge in [-0.3, -0.25) is 0 Å². The van der Waals surface area contributed by atoms with Gasteiger partial charge in [-0.1, -0.05) is 24.3 Å². The van der Waals surface area contributed by atoms with Crippen LogP contribution in [0.4, 0.5) is 13.2 Å². The van der Waals surface area contributed by atoms with Crippen LogP contribution < -0.4 is 0 Å². The topological polar surface area (TPSA) is 71.4 Å². The highest BCUT2D eigenvalue weighted by molar-refractivity contribution is 5.95. The highest BCUT2D eigenvalue weighted by atomic mass is 19.4. The number of hydrogen-bond donors (Lipinski definition) is 0. The van der Waals surface area contributed by atoms with E-state index >= 15 is 0 Å². The maximum Gasteiger partial charge on any atom is 0.418 e. The Morgan fingerprint density at radius 3 is 1.70 bits per heavy atom. The first-order valence-electron chi connectivity index (χ1n) is 5.32. The molecule has 2 aromatic rings. The second-order valence-corrected chi connectivity index (χ2v) is 3.88. The van der Waals surface area contributed by atoms with E-state index in [4.69, 9.17) is 15.8 Å². The number of halogens is 3. The number of nitrogens with zero attached hydrogens (tertiary/aromatic N) is 3. The lowest BCUT2D eigenvalue weighted by molar-refractivity contribution is -0.136. The molecule has 0 atom stereocenters. The molecule has 0 amide bonds. The van der Waals surface area contributed by atoms with Crippen LogP contribution in [0.5, 0.6) is 0 Å². The molecule has 96 valence electrons. The number of alkyl halides is 3. The Labute approximate surface area is 111 Å². The van der Waals surface area contributed by atoms with Gasteiger partial charge in [-0.25, -0.2) is 0 Å². The molecule has 0 spiro atoms. The summed E-state index contributed by atoms with van der Waals surface area (Å²) in [5, 5.41) is 26.8. The molecule has 0 aliphatic heterocycles. The van der Waals surface area contributed by atoms with Gasteiger partial charge in [-0.05, 0) is 5.39 Å². The summed E-state index contributed by atoms with van der Waals surface area (Å²) in [6.45, 7) is 0. The van der Waals surface area contributed by atoms with Crippen LogP contribution in [0.3, 0.4) is 0 Å². The molecule has 0 bridgehead atoms. The summed E-state index contributed by atoms with van der Waals surface area (Å²) in [4.78, 5) is 0. The van der Waals surface area contributed by atoms with Gasteiger partial charge in [-0.15, -0.1) is 0 Å². The number of benzene rings is 2. The van der Waals surface area contributed by atoms with E-state index < -0.39 is 22.9 Å². The summed E-state index contributed by atoms with van der Waals surface area (Å²) < 4.78 is 39.5. The highest BCUT2D eigenvalue weighted by Gasteiger charge is 2.38. The molecule has 0 aliphatic rings. The molecule has 0 heterocycles. The van der Waals surface area contributed by atoms with Gasteiger partial charge in [0.05, 0.1) is 22.3 Å². The van der Waals surface area contributed by atoms with Crippen LogP contribution in [0.15, 0.2) is 24.3 Å². The Kier molecular flexibility index (Phi) is 3.06. The van der Waals surface area contributed by atoms with Crippen LogP contribution in [0.25, 0.3) is 10.8 Å². The van der Waals surface area contributed by atoms with E-state index in [9.17, 15) is 13.2 Å². The van der Waals surface area contributed by atoms with Gasteiger partial charge in [0.25, 0.3) is 0 Å². The Bertz CT molecular complexity index is 830. The fourth-order valence-corrected chi connectivity index (χ4v) is 2.07. The minimum absolute atomic E-state index is 0.0119. The van der Waals surface area contributed by atoms with Crippen molar-refractivity contribution in [3.63, 3.8) is 0 Å². The minimum atomic E-state index is -4.79. The molecule has 0 aromatic heterocycles. The highest BCUT2D eigenvalue weighted by Crippen LogP contribution is 2.40. The lowest BCUT2D eigenvalue weighted by Crippen LogP contribution is -2.11. The summed E-state index contributed by atoms with van der Waals surface area (Å²) in [6, 6.07) is 9.98. The van der Waals surface area contributed by atoms with Crippen molar-refractivity contribution in [2.24, 2.45) is 0 Å².